The van der Waals surface area contributed by atoms with Crippen LogP contribution in [0.4, 0.5) is 0 Å². The maximum absolute atomic E-state index is 12.1. The number of fused-ring (bicyclic) bond motifs is 1. The fourth-order valence-corrected chi connectivity index (χ4v) is 2.51. The maximum atomic E-state index is 12.1. The summed E-state index contributed by atoms with van der Waals surface area (Å²) in [5.74, 6) is -1.59. The minimum absolute atomic E-state index is 0.363. The Kier molecular flexibility index (Phi) is 3.12. The van der Waals surface area contributed by atoms with Gasteiger partial charge in [0.15, 0.2) is 0 Å². The Bertz CT molecular complexity index is 674. The van der Waals surface area contributed by atoms with Gasteiger partial charge in [-0.3, -0.25) is 9.59 Å². The summed E-state index contributed by atoms with van der Waals surface area (Å²) in [5.41, 5.74) is 8.05. The third kappa shape index (κ3) is 2.02. The lowest BCUT2D eigenvalue weighted by Crippen LogP contribution is -2.28. The smallest absolute Gasteiger partial charge is 0.291 e. The van der Waals surface area contributed by atoms with E-state index in [2.05, 4.69) is 0 Å². The second-order valence-corrected chi connectivity index (χ2v) is 4.66. The highest BCUT2D eigenvalue weighted by Crippen LogP contribution is 2.29. The molecule has 0 unspecified atom stereocenters. The number of ketones is 1. The Morgan fingerprint density at radius 2 is 1.95 bits per heavy atom. The fourth-order valence-electron chi connectivity index (χ4n) is 2.51. The van der Waals surface area contributed by atoms with Gasteiger partial charge in [-0.1, -0.05) is 30.3 Å². The number of amides is 1. The molecule has 2 aromatic rings. The molecule has 1 amide bonds. The van der Waals surface area contributed by atoms with Crippen LogP contribution < -0.4 is 5.73 Å². The number of carbonyl (C=O) groups is 2. The third-order valence-electron chi connectivity index (χ3n) is 3.42. The average Bonchev–Trinajstić information content (AvgIpc) is 2.86. The topological polar surface area (TPSA) is 74.3 Å². The molecule has 0 spiro atoms. The van der Waals surface area contributed by atoms with Crippen molar-refractivity contribution in [3.05, 3.63) is 47.8 Å². The first-order valence-corrected chi connectivity index (χ1v) is 6.38. The summed E-state index contributed by atoms with van der Waals surface area (Å²) in [4.78, 5) is 23.4. The van der Waals surface area contributed by atoms with E-state index >= 15 is 0 Å². The Morgan fingerprint density at radius 3 is 2.65 bits per heavy atom. The van der Waals surface area contributed by atoms with Crippen LogP contribution >= 0.6 is 0 Å². The molecule has 2 heterocycles. The van der Waals surface area contributed by atoms with Crippen LogP contribution in [0.1, 0.15) is 16.2 Å². The molecule has 3 rings (SSSR count). The number of benzene rings is 1. The van der Waals surface area contributed by atoms with E-state index in [4.69, 9.17) is 10.5 Å². The van der Waals surface area contributed by atoms with E-state index in [1.54, 1.807) is 0 Å². The Balaban J connectivity index is 2.21. The van der Waals surface area contributed by atoms with Crippen LogP contribution in [0.25, 0.3) is 11.1 Å². The first-order chi connectivity index (χ1) is 9.68. The first-order valence-electron chi connectivity index (χ1n) is 6.38. The van der Waals surface area contributed by atoms with Gasteiger partial charge in [0, 0.05) is 17.8 Å². The minimum atomic E-state index is -0.936. The van der Waals surface area contributed by atoms with Crippen molar-refractivity contribution < 1.29 is 14.3 Å². The molecule has 0 saturated heterocycles. The number of rotatable bonds is 3. The molecule has 0 aliphatic carbocycles. The normalized spacial score (nSPS) is 13.8. The third-order valence-corrected chi connectivity index (χ3v) is 3.42. The van der Waals surface area contributed by atoms with E-state index in [9.17, 15) is 9.59 Å². The summed E-state index contributed by atoms with van der Waals surface area (Å²) in [6.07, 6.45) is 0. The molecule has 5 nitrogen and oxygen atoms in total. The molecule has 1 aliphatic heterocycles. The van der Waals surface area contributed by atoms with Gasteiger partial charge in [-0.05, 0) is 11.6 Å². The van der Waals surface area contributed by atoms with E-state index in [0.717, 1.165) is 16.8 Å². The lowest BCUT2D eigenvalue weighted by atomic mass is 10.0. The molecular formula is C15H14N2O3. The number of hydrogen-bond donors (Lipinski definition) is 1. The molecule has 0 radical (unpaired) electrons. The lowest BCUT2D eigenvalue weighted by molar-refractivity contribution is -0.114. The van der Waals surface area contributed by atoms with Crippen LogP contribution in [0.2, 0.25) is 0 Å². The largest absolute Gasteiger partial charge is 0.373 e. The number of aromatic nitrogens is 1. The number of hydrogen-bond acceptors (Lipinski definition) is 3. The van der Waals surface area contributed by atoms with Gasteiger partial charge in [0.2, 0.25) is 0 Å². The average molecular weight is 270 g/mol. The van der Waals surface area contributed by atoms with Crippen molar-refractivity contribution in [3.8, 4) is 11.1 Å². The highest BCUT2D eigenvalue weighted by molar-refractivity contribution is 6.43. The number of nitrogens with two attached hydrogens (primary N) is 1. The van der Waals surface area contributed by atoms with Gasteiger partial charge in [0.25, 0.3) is 11.7 Å². The summed E-state index contributed by atoms with van der Waals surface area (Å²) >= 11 is 0. The van der Waals surface area contributed by atoms with Crippen molar-refractivity contribution in [2.45, 2.75) is 13.2 Å². The van der Waals surface area contributed by atoms with E-state index in [1.807, 2.05) is 41.0 Å². The summed E-state index contributed by atoms with van der Waals surface area (Å²) in [5, 5.41) is 0. The van der Waals surface area contributed by atoms with Gasteiger partial charge in [-0.2, -0.15) is 0 Å². The van der Waals surface area contributed by atoms with Gasteiger partial charge in [-0.15, -0.1) is 0 Å². The number of primary amides is 1. The highest BCUT2D eigenvalue weighted by Gasteiger charge is 2.26. The van der Waals surface area contributed by atoms with Crippen LogP contribution in [-0.4, -0.2) is 22.9 Å². The summed E-state index contributed by atoms with van der Waals surface area (Å²) in [7, 11) is 0. The summed E-state index contributed by atoms with van der Waals surface area (Å²) in [6, 6.07) is 11.4. The molecule has 1 aromatic carbocycles. The number of Topliss-reactive ketones (excluding diaryl/α,β-unsaturated/α-hetero) is 1. The predicted molar refractivity (Wildman–Crippen MR) is 73.0 cm³/mol. The maximum Gasteiger partial charge on any atom is 0.291 e. The lowest BCUT2D eigenvalue weighted by Gasteiger charge is -2.17. The van der Waals surface area contributed by atoms with E-state index in [1.165, 1.54) is 0 Å². The Morgan fingerprint density at radius 1 is 1.20 bits per heavy atom. The Labute approximate surface area is 116 Å². The molecule has 2 N–H and O–H groups in total. The van der Waals surface area contributed by atoms with Crippen molar-refractivity contribution in [2.75, 3.05) is 6.61 Å². The minimum Gasteiger partial charge on any atom is -0.373 e. The Hall–Kier alpha value is -2.40. The molecule has 20 heavy (non-hydrogen) atoms. The van der Waals surface area contributed by atoms with Crippen LogP contribution in [0, 0.1) is 0 Å². The zero-order chi connectivity index (χ0) is 14.1. The zero-order valence-electron chi connectivity index (χ0n) is 10.8. The molecule has 0 bridgehead atoms. The molecule has 0 atom stereocenters. The molecule has 1 aromatic heterocycles. The van der Waals surface area contributed by atoms with Crippen molar-refractivity contribution in [1.82, 2.24) is 4.57 Å². The first kappa shape index (κ1) is 12.6. The van der Waals surface area contributed by atoms with Crippen LogP contribution in [0.3, 0.4) is 0 Å². The predicted octanol–water partition coefficient (Wildman–Crippen LogP) is 1.35. The van der Waals surface area contributed by atoms with Crippen molar-refractivity contribution in [1.29, 1.82) is 0 Å². The number of carbonyl (C=O) groups excluding carboxylic acids is 2. The van der Waals surface area contributed by atoms with Crippen molar-refractivity contribution >= 4 is 11.7 Å². The number of ether oxygens (including phenoxy) is 1. The molecule has 0 fully saturated rings. The second-order valence-electron chi connectivity index (χ2n) is 4.66. The summed E-state index contributed by atoms with van der Waals surface area (Å²) < 4.78 is 7.22. The monoisotopic (exact) mass is 270 g/mol. The quantitative estimate of drug-likeness (QED) is 0.676. The van der Waals surface area contributed by atoms with E-state index < -0.39 is 11.7 Å². The van der Waals surface area contributed by atoms with E-state index in [-0.39, 0.29) is 0 Å². The fraction of sp³-hybridized carbons (Fsp3) is 0.200. The van der Waals surface area contributed by atoms with Crippen molar-refractivity contribution in [3.63, 3.8) is 0 Å². The van der Waals surface area contributed by atoms with Crippen molar-refractivity contribution in [2.24, 2.45) is 5.73 Å². The second kappa shape index (κ2) is 4.94. The van der Waals surface area contributed by atoms with Gasteiger partial charge in [0.1, 0.15) is 5.69 Å². The highest BCUT2D eigenvalue weighted by atomic mass is 16.5. The van der Waals surface area contributed by atoms with Gasteiger partial charge in [0.05, 0.1) is 13.2 Å². The van der Waals surface area contributed by atoms with Gasteiger partial charge in [-0.25, -0.2) is 0 Å². The standard InChI is InChI=1S/C15H14N2O3/c16-15(19)14(18)13-12(10-4-2-1-3-5-10)8-11-9-20-7-6-17(11)13/h1-5,8H,6-7,9H2,(H2,16,19). The molecule has 1 aliphatic rings. The molecule has 0 saturated carbocycles. The zero-order valence-corrected chi connectivity index (χ0v) is 10.8. The van der Waals surface area contributed by atoms with Crippen LogP contribution in [0.5, 0.6) is 0 Å². The van der Waals surface area contributed by atoms with Crippen LogP contribution in [0.15, 0.2) is 36.4 Å². The molecule has 102 valence electrons. The summed E-state index contributed by atoms with van der Waals surface area (Å²) in [6.45, 7) is 1.51. The van der Waals surface area contributed by atoms with E-state index in [0.29, 0.717) is 25.5 Å². The number of nitrogens with zero attached hydrogens (tertiary/aromatic N) is 1. The van der Waals surface area contributed by atoms with Gasteiger partial charge < -0.3 is 15.0 Å². The molecule has 5 heteroatoms. The SMILES string of the molecule is NC(=O)C(=O)c1c(-c2ccccc2)cc2n1CCOC2. The van der Waals surface area contributed by atoms with Gasteiger partial charge >= 0.3 is 0 Å². The molecular weight excluding hydrogens is 256 g/mol. The van der Waals surface area contributed by atoms with Crippen LogP contribution in [-0.2, 0) is 22.7 Å².